The van der Waals surface area contributed by atoms with Crippen LogP contribution >= 0.6 is 0 Å². The number of aromatic nitrogens is 3. The summed E-state index contributed by atoms with van der Waals surface area (Å²) in [5, 5.41) is 5.97. The van der Waals surface area contributed by atoms with Crippen molar-refractivity contribution in [2.75, 3.05) is 5.32 Å². The molecular formula is C21H23N5O. The summed E-state index contributed by atoms with van der Waals surface area (Å²) in [5.41, 5.74) is 3.35. The summed E-state index contributed by atoms with van der Waals surface area (Å²) >= 11 is 0. The van der Waals surface area contributed by atoms with Crippen LogP contribution in [0.15, 0.2) is 61.1 Å². The average molecular weight is 361 g/mol. The molecule has 6 nitrogen and oxygen atoms in total. The third kappa shape index (κ3) is 5.10. The van der Waals surface area contributed by atoms with Crippen LogP contribution < -0.4 is 10.6 Å². The Morgan fingerprint density at radius 3 is 2.33 bits per heavy atom. The highest BCUT2D eigenvalue weighted by molar-refractivity contribution is 5.91. The van der Waals surface area contributed by atoms with Crippen LogP contribution in [-0.4, -0.2) is 20.9 Å². The van der Waals surface area contributed by atoms with Crippen molar-refractivity contribution < 1.29 is 4.79 Å². The molecule has 3 aromatic rings. The summed E-state index contributed by atoms with van der Waals surface area (Å²) in [6.07, 6.45) is 4.70. The quantitative estimate of drug-likeness (QED) is 0.722. The zero-order valence-corrected chi connectivity index (χ0v) is 15.7. The standard InChI is InChI=1S/C21H23N5O/c1-21(2,3)15-7-9-16(10-8-15)26-19-14-23-18(13-24-19)20(27)25-12-17-6-4-5-11-22-17/h4-11,13-14H,12H2,1-3H3,(H,24,26)(H,25,27). The molecule has 27 heavy (non-hydrogen) atoms. The fourth-order valence-corrected chi connectivity index (χ4v) is 2.48. The van der Waals surface area contributed by atoms with Crippen molar-refractivity contribution in [2.45, 2.75) is 32.7 Å². The van der Waals surface area contributed by atoms with Crippen LogP contribution in [0, 0.1) is 0 Å². The van der Waals surface area contributed by atoms with Crippen LogP contribution in [0.2, 0.25) is 0 Å². The number of nitrogens with one attached hydrogen (secondary N) is 2. The number of anilines is 2. The molecule has 0 aliphatic heterocycles. The van der Waals surface area contributed by atoms with Gasteiger partial charge in [-0.05, 0) is 35.2 Å². The Morgan fingerprint density at radius 1 is 0.963 bits per heavy atom. The number of benzene rings is 1. The molecule has 0 aliphatic rings. The smallest absolute Gasteiger partial charge is 0.271 e. The van der Waals surface area contributed by atoms with Gasteiger partial charge in [0.05, 0.1) is 24.6 Å². The number of nitrogens with zero attached hydrogens (tertiary/aromatic N) is 3. The first kappa shape index (κ1) is 18.5. The molecule has 0 unspecified atom stereocenters. The molecule has 0 spiro atoms. The highest BCUT2D eigenvalue weighted by Gasteiger charge is 2.13. The fraction of sp³-hybridized carbons (Fsp3) is 0.238. The third-order valence-corrected chi connectivity index (χ3v) is 4.06. The van der Waals surface area contributed by atoms with Crippen LogP contribution in [0.1, 0.15) is 42.5 Å². The summed E-state index contributed by atoms with van der Waals surface area (Å²) in [7, 11) is 0. The molecule has 2 aromatic heterocycles. The van der Waals surface area contributed by atoms with E-state index in [1.165, 1.54) is 11.8 Å². The molecule has 3 rings (SSSR count). The zero-order chi connectivity index (χ0) is 19.3. The summed E-state index contributed by atoms with van der Waals surface area (Å²) in [5.74, 6) is 0.300. The van der Waals surface area contributed by atoms with Crippen LogP contribution in [0.25, 0.3) is 0 Å². The maximum Gasteiger partial charge on any atom is 0.271 e. The lowest BCUT2D eigenvalue weighted by Crippen LogP contribution is -2.24. The van der Waals surface area contributed by atoms with E-state index in [1.54, 1.807) is 12.4 Å². The topological polar surface area (TPSA) is 79.8 Å². The summed E-state index contributed by atoms with van der Waals surface area (Å²) in [6, 6.07) is 13.8. The second-order valence-electron chi connectivity index (χ2n) is 7.24. The van der Waals surface area contributed by atoms with E-state index in [0.717, 1.165) is 11.4 Å². The largest absolute Gasteiger partial charge is 0.345 e. The van der Waals surface area contributed by atoms with E-state index in [-0.39, 0.29) is 17.0 Å². The minimum Gasteiger partial charge on any atom is -0.345 e. The second-order valence-corrected chi connectivity index (χ2v) is 7.24. The Kier molecular flexibility index (Phi) is 5.45. The van der Waals surface area contributed by atoms with Gasteiger partial charge in [-0.25, -0.2) is 9.97 Å². The number of pyridine rings is 1. The van der Waals surface area contributed by atoms with Gasteiger partial charge in [0.2, 0.25) is 0 Å². The molecule has 138 valence electrons. The predicted molar refractivity (Wildman–Crippen MR) is 106 cm³/mol. The molecule has 0 saturated heterocycles. The maximum atomic E-state index is 12.2. The summed E-state index contributed by atoms with van der Waals surface area (Å²) in [6.45, 7) is 6.89. The maximum absolute atomic E-state index is 12.2. The molecule has 2 N–H and O–H groups in total. The van der Waals surface area contributed by atoms with E-state index in [9.17, 15) is 4.79 Å². The summed E-state index contributed by atoms with van der Waals surface area (Å²) in [4.78, 5) is 24.8. The first-order valence-electron chi connectivity index (χ1n) is 8.79. The van der Waals surface area contributed by atoms with Gasteiger partial charge in [-0.1, -0.05) is 39.0 Å². The number of carbonyl (C=O) groups excluding carboxylic acids is 1. The van der Waals surface area contributed by atoms with Gasteiger partial charge < -0.3 is 10.6 Å². The molecule has 0 saturated carbocycles. The van der Waals surface area contributed by atoms with Crippen molar-refractivity contribution in [1.29, 1.82) is 0 Å². The van der Waals surface area contributed by atoms with Crippen molar-refractivity contribution in [1.82, 2.24) is 20.3 Å². The Labute approximate surface area is 159 Å². The van der Waals surface area contributed by atoms with E-state index < -0.39 is 0 Å². The highest BCUT2D eigenvalue weighted by Crippen LogP contribution is 2.24. The van der Waals surface area contributed by atoms with Gasteiger partial charge in [-0.15, -0.1) is 0 Å². The molecule has 1 aromatic carbocycles. The zero-order valence-electron chi connectivity index (χ0n) is 15.7. The van der Waals surface area contributed by atoms with Gasteiger partial charge >= 0.3 is 0 Å². The minimum atomic E-state index is -0.283. The average Bonchev–Trinajstić information content (AvgIpc) is 2.67. The van der Waals surface area contributed by atoms with E-state index in [1.807, 2.05) is 30.3 Å². The predicted octanol–water partition coefficient (Wildman–Crippen LogP) is 3.84. The van der Waals surface area contributed by atoms with Crippen molar-refractivity contribution in [3.63, 3.8) is 0 Å². The molecule has 1 amide bonds. The monoisotopic (exact) mass is 361 g/mol. The van der Waals surface area contributed by atoms with E-state index >= 15 is 0 Å². The van der Waals surface area contributed by atoms with E-state index in [2.05, 4.69) is 58.5 Å². The first-order chi connectivity index (χ1) is 12.9. The van der Waals surface area contributed by atoms with Gasteiger partial charge in [0, 0.05) is 11.9 Å². The SMILES string of the molecule is CC(C)(C)c1ccc(Nc2cnc(C(=O)NCc3ccccn3)cn2)cc1. The first-order valence-corrected chi connectivity index (χ1v) is 8.79. The number of amides is 1. The lowest BCUT2D eigenvalue weighted by atomic mass is 9.87. The fourth-order valence-electron chi connectivity index (χ4n) is 2.48. The molecule has 0 fully saturated rings. The molecule has 0 atom stereocenters. The van der Waals surface area contributed by atoms with Gasteiger partial charge in [-0.2, -0.15) is 0 Å². The molecule has 6 heteroatoms. The van der Waals surface area contributed by atoms with Gasteiger partial charge in [0.15, 0.2) is 0 Å². The Morgan fingerprint density at radius 2 is 1.74 bits per heavy atom. The lowest BCUT2D eigenvalue weighted by molar-refractivity contribution is 0.0945. The Balaban J connectivity index is 1.59. The number of hydrogen-bond acceptors (Lipinski definition) is 5. The normalized spacial score (nSPS) is 11.1. The minimum absolute atomic E-state index is 0.114. The van der Waals surface area contributed by atoms with Crippen LogP contribution in [0.3, 0.4) is 0 Å². The van der Waals surface area contributed by atoms with Gasteiger partial charge in [0.25, 0.3) is 5.91 Å². The van der Waals surface area contributed by atoms with E-state index in [0.29, 0.717) is 12.4 Å². The molecule has 0 aliphatic carbocycles. The Hall–Kier alpha value is -3.28. The molecule has 0 radical (unpaired) electrons. The van der Waals surface area contributed by atoms with Gasteiger partial charge in [-0.3, -0.25) is 9.78 Å². The molecular weight excluding hydrogens is 338 g/mol. The van der Waals surface area contributed by atoms with Gasteiger partial charge in [0.1, 0.15) is 11.5 Å². The van der Waals surface area contributed by atoms with Crippen LogP contribution in [-0.2, 0) is 12.0 Å². The highest BCUT2D eigenvalue weighted by atomic mass is 16.1. The van der Waals surface area contributed by atoms with Crippen molar-refractivity contribution >= 4 is 17.4 Å². The van der Waals surface area contributed by atoms with Crippen molar-refractivity contribution in [3.05, 3.63) is 78.0 Å². The lowest BCUT2D eigenvalue weighted by Gasteiger charge is -2.19. The third-order valence-electron chi connectivity index (χ3n) is 4.06. The second kappa shape index (κ2) is 7.95. The molecule has 0 bridgehead atoms. The van der Waals surface area contributed by atoms with Crippen LogP contribution in [0.5, 0.6) is 0 Å². The number of carbonyl (C=O) groups is 1. The number of hydrogen-bond donors (Lipinski definition) is 2. The Bertz CT molecular complexity index is 885. The number of rotatable bonds is 5. The summed E-state index contributed by atoms with van der Waals surface area (Å²) < 4.78 is 0. The van der Waals surface area contributed by atoms with Crippen molar-refractivity contribution in [3.8, 4) is 0 Å². The molecule has 2 heterocycles. The van der Waals surface area contributed by atoms with Crippen LogP contribution in [0.4, 0.5) is 11.5 Å². The van der Waals surface area contributed by atoms with Crippen molar-refractivity contribution in [2.24, 2.45) is 0 Å². The van der Waals surface area contributed by atoms with E-state index in [4.69, 9.17) is 0 Å².